The molecule has 1 aliphatic heterocycles. The molecule has 3 aromatic rings. The standard InChI is InChI=1S/C20H21F2N5O/c1-12-9-26(6-5-23-12)15-3-4-16(17(21)8-15)20(28)25-14-7-18(22)19-24-13(2)10-27(19)11-14/h3-4,7-8,10-12,23H,5-6,9H2,1-2H3,(H,25,28)/t12-/m1/s1. The van der Waals surface area contributed by atoms with Crippen LogP contribution in [-0.4, -0.2) is 41.0 Å². The lowest BCUT2D eigenvalue weighted by Crippen LogP contribution is -2.49. The number of aromatic nitrogens is 2. The summed E-state index contributed by atoms with van der Waals surface area (Å²) in [6.07, 6.45) is 3.20. The van der Waals surface area contributed by atoms with Crippen molar-refractivity contribution in [2.24, 2.45) is 0 Å². The molecule has 1 atom stereocenters. The van der Waals surface area contributed by atoms with Gasteiger partial charge in [0, 0.05) is 49.8 Å². The Hall–Kier alpha value is -3.00. The number of nitrogens with zero attached hydrogens (tertiary/aromatic N) is 3. The fraction of sp³-hybridized carbons (Fsp3) is 0.300. The Bertz CT molecular complexity index is 1050. The van der Waals surface area contributed by atoms with Gasteiger partial charge in [-0.25, -0.2) is 13.8 Å². The highest BCUT2D eigenvalue weighted by atomic mass is 19.1. The third-order valence-corrected chi connectivity index (χ3v) is 4.82. The number of carbonyl (C=O) groups is 1. The monoisotopic (exact) mass is 385 g/mol. The van der Waals surface area contributed by atoms with Gasteiger partial charge in [0.2, 0.25) is 0 Å². The molecular formula is C20H21F2N5O. The van der Waals surface area contributed by atoms with Crippen molar-refractivity contribution in [2.45, 2.75) is 19.9 Å². The zero-order chi connectivity index (χ0) is 19.8. The Kier molecular flexibility index (Phi) is 4.72. The summed E-state index contributed by atoms with van der Waals surface area (Å²) in [5, 5.41) is 5.89. The van der Waals surface area contributed by atoms with Gasteiger partial charge in [-0.3, -0.25) is 4.79 Å². The van der Waals surface area contributed by atoms with Gasteiger partial charge in [0.25, 0.3) is 5.91 Å². The second-order valence-electron chi connectivity index (χ2n) is 7.11. The molecule has 2 N–H and O–H groups in total. The van der Waals surface area contributed by atoms with E-state index in [1.165, 1.54) is 22.6 Å². The number of amides is 1. The lowest BCUT2D eigenvalue weighted by atomic mass is 10.1. The Morgan fingerprint density at radius 1 is 1.25 bits per heavy atom. The van der Waals surface area contributed by atoms with Crippen LogP contribution in [0.5, 0.6) is 0 Å². The summed E-state index contributed by atoms with van der Waals surface area (Å²) in [6, 6.07) is 6.06. The molecule has 1 aliphatic rings. The largest absolute Gasteiger partial charge is 0.369 e. The number of hydrogen-bond donors (Lipinski definition) is 2. The normalized spacial score (nSPS) is 17.1. The van der Waals surface area contributed by atoms with Gasteiger partial charge in [0.05, 0.1) is 16.9 Å². The van der Waals surface area contributed by atoms with Crippen LogP contribution in [0.2, 0.25) is 0 Å². The molecule has 0 spiro atoms. The molecule has 3 heterocycles. The number of anilines is 2. The van der Waals surface area contributed by atoms with Crippen LogP contribution >= 0.6 is 0 Å². The molecule has 1 fully saturated rings. The number of benzene rings is 1. The number of hydrogen-bond acceptors (Lipinski definition) is 4. The van der Waals surface area contributed by atoms with Crippen LogP contribution in [0.1, 0.15) is 23.0 Å². The van der Waals surface area contributed by atoms with Crippen LogP contribution in [0.3, 0.4) is 0 Å². The van der Waals surface area contributed by atoms with Crippen LogP contribution in [0.4, 0.5) is 20.2 Å². The molecule has 146 valence electrons. The van der Waals surface area contributed by atoms with Crippen LogP contribution < -0.4 is 15.5 Å². The Morgan fingerprint density at radius 2 is 2.07 bits per heavy atom. The molecule has 1 saturated heterocycles. The molecule has 28 heavy (non-hydrogen) atoms. The molecule has 8 heteroatoms. The van der Waals surface area contributed by atoms with Gasteiger partial charge in [-0.15, -0.1) is 0 Å². The summed E-state index contributed by atoms with van der Waals surface area (Å²) in [5.41, 5.74) is 1.72. The van der Waals surface area contributed by atoms with Gasteiger partial charge in [0.15, 0.2) is 11.5 Å². The van der Waals surface area contributed by atoms with Crippen molar-refractivity contribution in [2.75, 3.05) is 29.9 Å². The first kappa shape index (κ1) is 18.4. The predicted octanol–water partition coefficient (Wildman–Crippen LogP) is 2.97. The van der Waals surface area contributed by atoms with E-state index in [0.717, 1.165) is 25.3 Å². The third-order valence-electron chi connectivity index (χ3n) is 4.82. The highest BCUT2D eigenvalue weighted by Crippen LogP contribution is 2.22. The first-order chi connectivity index (χ1) is 13.4. The summed E-state index contributed by atoms with van der Waals surface area (Å²) in [4.78, 5) is 18.7. The predicted molar refractivity (Wildman–Crippen MR) is 104 cm³/mol. The number of aryl methyl sites for hydroxylation is 1. The maximum absolute atomic E-state index is 14.6. The number of nitrogens with one attached hydrogen (secondary N) is 2. The van der Waals surface area contributed by atoms with Gasteiger partial charge in [-0.1, -0.05) is 0 Å². The van der Waals surface area contributed by atoms with E-state index in [1.54, 1.807) is 25.4 Å². The highest BCUT2D eigenvalue weighted by molar-refractivity contribution is 6.04. The quantitative estimate of drug-likeness (QED) is 0.728. The van der Waals surface area contributed by atoms with Crippen molar-refractivity contribution >= 4 is 22.9 Å². The van der Waals surface area contributed by atoms with Crippen molar-refractivity contribution < 1.29 is 13.6 Å². The van der Waals surface area contributed by atoms with Gasteiger partial charge in [0.1, 0.15) is 5.82 Å². The number of piperazine rings is 1. The highest BCUT2D eigenvalue weighted by Gasteiger charge is 2.19. The minimum atomic E-state index is -0.631. The number of rotatable bonds is 3. The van der Waals surface area contributed by atoms with Crippen molar-refractivity contribution in [3.63, 3.8) is 0 Å². The topological polar surface area (TPSA) is 61.7 Å². The molecular weight excluding hydrogens is 364 g/mol. The van der Waals surface area contributed by atoms with Gasteiger partial charge >= 0.3 is 0 Å². The van der Waals surface area contributed by atoms with E-state index in [1.807, 2.05) is 0 Å². The minimum Gasteiger partial charge on any atom is -0.369 e. The number of fused-ring (bicyclic) bond motifs is 1. The van der Waals surface area contributed by atoms with Crippen molar-refractivity contribution in [3.05, 3.63) is 59.6 Å². The fourth-order valence-corrected chi connectivity index (χ4v) is 3.50. The van der Waals surface area contributed by atoms with Crippen molar-refractivity contribution in [1.29, 1.82) is 0 Å². The molecule has 2 aromatic heterocycles. The molecule has 0 radical (unpaired) electrons. The Labute approximate surface area is 161 Å². The minimum absolute atomic E-state index is 0.0887. The maximum atomic E-state index is 14.6. The summed E-state index contributed by atoms with van der Waals surface area (Å²) >= 11 is 0. The third kappa shape index (κ3) is 3.55. The van der Waals surface area contributed by atoms with E-state index in [-0.39, 0.29) is 16.9 Å². The molecule has 0 saturated carbocycles. The Balaban J connectivity index is 1.55. The maximum Gasteiger partial charge on any atom is 0.258 e. The van der Waals surface area contributed by atoms with Gasteiger partial charge < -0.3 is 19.9 Å². The lowest BCUT2D eigenvalue weighted by Gasteiger charge is -2.33. The molecule has 1 amide bonds. The molecule has 0 unspecified atom stereocenters. The molecule has 1 aromatic carbocycles. The lowest BCUT2D eigenvalue weighted by molar-refractivity contribution is 0.102. The van der Waals surface area contributed by atoms with E-state index >= 15 is 0 Å². The van der Waals surface area contributed by atoms with Crippen LogP contribution in [0, 0.1) is 18.6 Å². The van der Waals surface area contributed by atoms with Crippen molar-refractivity contribution in [1.82, 2.24) is 14.7 Å². The van der Waals surface area contributed by atoms with Crippen molar-refractivity contribution in [3.8, 4) is 0 Å². The van der Waals surface area contributed by atoms with E-state index < -0.39 is 17.5 Å². The van der Waals surface area contributed by atoms with Crippen LogP contribution in [0.15, 0.2) is 36.7 Å². The number of halogens is 2. The van der Waals surface area contributed by atoms with Gasteiger partial charge in [-0.05, 0) is 32.0 Å². The smallest absolute Gasteiger partial charge is 0.258 e. The zero-order valence-electron chi connectivity index (χ0n) is 15.7. The number of imidazole rings is 1. The van der Waals surface area contributed by atoms with Crippen LogP contribution in [0.25, 0.3) is 5.65 Å². The van der Waals surface area contributed by atoms with Gasteiger partial charge in [-0.2, -0.15) is 0 Å². The second-order valence-corrected chi connectivity index (χ2v) is 7.11. The summed E-state index contributed by atoms with van der Waals surface area (Å²) < 4.78 is 30.3. The van der Waals surface area contributed by atoms with Crippen LogP contribution in [-0.2, 0) is 0 Å². The second kappa shape index (κ2) is 7.20. The summed E-state index contributed by atoms with van der Waals surface area (Å²) in [7, 11) is 0. The van der Waals surface area contributed by atoms with E-state index in [0.29, 0.717) is 11.7 Å². The van der Waals surface area contributed by atoms with E-state index in [4.69, 9.17) is 0 Å². The zero-order valence-corrected chi connectivity index (χ0v) is 15.7. The SMILES string of the molecule is Cc1cn2cc(NC(=O)c3ccc(N4CCN[C@H](C)C4)cc3F)cc(F)c2n1. The molecule has 4 rings (SSSR count). The average molecular weight is 385 g/mol. The first-order valence-corrected chi connectivity index (χ1v) is 9.15. The number of pyridine rings is 1. The Morgan fingerprint density at radius 3 is 2.82 bits per heavy atom. The molecule has 0 bridgehead atoms. The molecule has 0 aliphatic carbocycles. The molecule has 6 nitrogen and oxygen atoms in total. The number of carbonyl (C=O) groups excluding carboxylic acids is 1. The van der Waals surface area contributed by atoms with E-state index in [9.17, 15) is 13.6 Å². The van der Waals surface area contributed by atoms with E-state index in [2.05, 4.69) is 27.4 Å². The first-order valence-electron chi connectivity index (χ1n) is 9.15. The summed E-state index contributed by atoms with van der Waals surface area (Å²) in [5.74, 6) is -1.80. The summed E-state index contributed by atoms with van der Waals surface area (Å²) in [6.45, 7) is 6.20. The average Bonchev–Trinajstić information content (AvgIpc) is 3.02. The fourth-order valence-electron chi connectivity index (χ4n) is 3.50.